The predicted molar refractivity (Wildman–Crippen MR) is 70.6 cm³/mol. The number of amides is 1. The molecule has 0 aliphatic carbocycles. The van der Waals surface area contributed by atoms with E-state index >= 15 is 0 Å². The molecule has 0 aromatic carbocycles. The van der Waals surface area contributed by atoms with Gasteiger partial charge in [0.25, 0.3) is 0 Å². The number of carbonyl (C=O) groups is 1. The number of hydrogen-bond acceptors (Lipinski definition) is 4. The Labute approximate surface area is 105 Å². The zero-order chi connectivity index (χ0) is 13.7. The highest BCUT2D eigenvalue weighted by molar-refractivity contribution is 6.71. The fourth-order valence-electron chi connectivity index (χ4n) is 2.14. The van der Waals surface area contributed by atoms with Crippen LogP contribution in [0.4, 0.5) is 0 Å². The SMILES string of the molecule is CC(C)(C)C[Si](C)(C)O[C@@H](CCON)C(N)=O. The number of primary amides is 1. The number of carbonyl (C=O) groups excluding carboxylic acids is 1. The summed E-state index contributed by atoms with van der Waals surface area (Å²) in [7, 11) is -1.91. The molecule has 0 spiro atoms. The molecule has 0 radical (unpaired) electrons. The highest BCUT2D eigenvalue weighted by Gasteiger charge is 2.33. The van der Waals surface area contributed by atoms with Gasteiger partial charge in [0.1, 0.15) is 6.10 Å². The maximum Gasteiger partial charge on any atom is 0.245 e. The highest BCUT2D eigenvalue weighted by atomic mass is 28.4. The molecule has 0 unspecified atom stereocenters. The molecule has 0 heterocycles. The van der Waals surface area contributed by atoms with Crippen molar-refractivity contribution in [2.24, 2.45) is 17.0 Å². The van der Waals surface area contributed by atoms with Gasteiger partial charge >= 0.3 is 0 Å². The van der Waals surface area contributed by atoms with Gasteiger partial charge < -0.3 is 15.0 Å². The van der Waals surface area contributed by atoms with Crippen LogP contribution < -0.4 is 11.6 Å². The van der Waals surface area contributed by atoms with E-state index in [4.69, 9.17) is 16.1 Å². The number of hydrogen-bond donors (Lipinski definition) is 2. The predicted octanol–water partition coefficient (Wildman–Crippen LogP) is 1.39. The lowest BCUT2D eigenvalue weighted by Gasteiger charge is -2.33. The summed E-state index contributed by atoms with van der Waals surface area (Å²) in [5.74, 6) is 4.50. The lowest BCUT2D eigenvalue weighted by Crippen LogP contribution is -2.44. The van der Waals surface area contributed by atoms with Gasteiger partial charge in [-0.2, -0.15) is 0 Å². The summed E-state index contributed by atoms with van der Waals surface area (Å²) in [6.07, 6.45) is -0.186. The molecule has 0 aromatic heterocycles. The third-order valence-corrected chi connectivity index (χ3v) is 5.07. The molecule has 17 heavy (non-hydrogen) atoms. The Balaban J connectivity index is 4.46. The van der Waals surface area contributed by atoms with Gasteiger partial charge in [0.05, 0.1) is 6.61 Å². The summed E-state index contributed by atoms with van der Waals surface area (Å²) in [4.78, 5) is 15.7. The van der Waals surface area contributed by atoms with Crippen LogP contribution in [0.15, 0.2) is 0 Å². The summed E-state index contributed by atoms with van der Waals surface area (Å²) in [5.41, 5.74) is 5.49. The van der Waals surface area contributed by atoms with Crippen molar-refractivity contribution in [3.8, 4) is 0 Å². The first-order chi connectivity index (χ1) is 7.57. The molecule has 0 saturated carbocycles. The smallest absolute Gasteiger partial charge is 0.245 e. The van der Waals surface area contributed by atoms with Gasteiger partial charge in [-0.15, -0.1) is 0 Å². The van der Waals surface area contributed by atoms with Crippen molar-refractivity contribution in [1.82, 2.24) is 0 Å². The first kappa shape index (κ1) is 16.6. The normalized spacial score (nSPS) is 14.7. The van der Waals surface area contributed by atoms with Crippen molar-refractivity contribution in [1.29, 1.82) is 0 Å². The standard InChI is InChI=1S/C11H26N2O3Si/c1-11(2,3)8-17(4,5)16-9(10(12)14)6-7-15-13/h9H,6-8,13H2,1-5H3,(H2,12,14)/t9-/m0/s1. The maximum atomic E-state index is 11.3. The zero-order valence-corrected chi connectivity index (χ0v) is 12.6. The Morgan fingerprint density at radius 1 is 1.35 bits per heavy atom. The van der Waals surface area contributed by atoms with Crippen LogP contribution in [0.5, 0.6) is 0 Å². The van der Waals surface area contributed by atoms with E-state index in [1.807, 2.05) is 0 Å². The number of rotatable bonds is 7. The molecule has 0 fully saturated rings. The van der Waals surface area contributed by atoms with E-state index < -0.39 is 20.3 Å². The molecular formula is C11H26N2O3Si. The summed E-state index contributed by atoms with van der Waals surface area (Å²) in [6.45, 7) is 10.9. The third kappa shape index (κ3) is 8.31. The second-order valence-corrected chi connectivity index (χ2v) is 10.3. The van der Waals surface area contributed by atoms with Gasteiger partial charge in [0.15, 0.2) is 8.32 Å². The summed E-state index contributed by atoms with van der Waals surface area (Å²) in [6, 6.07) is 0.966. The topological polar surface area (TPSA) is 87.6 Å². The van der Waals surface area contributed by atoms with Crippen molar-refractivity contribution in [3.63, 3.8) is 0 Å². The Morgan fingerprint density at radius 2 is 1.88 bits per heavy atom. The van der Waals surface area contributed by atoms with E-state index in [1.54, 1.807) is 0 Å². The van der Waals surface area contributed by atoms with Crippen LogP contribution in [-0.4, -0.2) is 26.9 Å². The van der Waals surface area contributed by atoms with Crippen LogP contribution in [0.3, 0.4) is 0 Å². The van der Waals surface area contributed by atoms with Crippen molar-refractivity contribution < 1.29 is 14.1 Å². The molecule has 1 atom stereocenters. The quantitative estimate of drug-likeness (QED) is 0.536. The monoisotopic (exact) mass is 262 g/mol. The Bertz CT molecular complexity index is 252. The molecule has 0 bridgehead atoms. The molecule has 102 valence electrons. The van der Waals surface area contributed by atoms with Crippen molar-refractivity contribution in [2.75, 3.05) is 6.61 Å². The van der Waals surface area contributed by atoms with E-state index in [1.165, 1.54) is 0 Å². The average molecular weight is 262 g/mol. The highest BCUT2D eigenvalue weighted by Crippen LogP contribution is 2.29. The van der Waals surface area contributed by atoms with E-state index in [9.17, 15) is 4.79 Å². The molecule has 4 N–H and O–H groups in total. The molecule has 5 nitrogen and oxygen atoms in total. The maximum absolute atomic E-state index is 11.3. The van der Waals surface area contributed by atoms with Gasteiger partial charge in [0.2, 0.25) is 5.91 Å². The summed E-state index contributed by atoms with van der Waals surface area (Å²) in [5, 5.41) is 0. The lowest BCUT2D eigenvalue weighted by atomic mass is 10.0. The van der Waals surface area contributed by atoms with E-state index in [0.717, 1.165) is 6.04 Å². The van der Waals surface area contributed by atoms with Gasteiger partial charge in [-0.3, -0.25) is 4.79 Å². The first-order valence-corrected chi connectivity index (χ1v) is 8.98. The summed E-state index contributed by atoms with van der Waals surface area (Å²) >= 11 is 0. The van der Waals surface area contributed by atoms with Gasteiger partial charge in [-0.05, 0) is 24.6 Å². The Hall–Kier alpha value is -0.433. The second-order valence-electron chi connectivity index (χ2n) is 6.17. The minimum absolute atomic E-state index is 0.183. The largest absolute Gasteiger partial charge is 0.405 e. The van der Waals surface area contributed by atoms with Crippen LogP contribution in [0.25, 0.3) is 0 Å². The molecular weight excluding hydrogens is 236 g/mol. The van der Waals surface area contributed by atoms with Crippen molar-refractivity contribution in [2.45, 2.75) is 52.4 Å². The molecule has 1 amide bonds. The van der Waals surface area contributed by atoms with Crippen LogP contribution in [0.2, 0.25) is 19.1 Å². The van der Waals surface area contributed by atoms with E-state index in [2.05, 4.69) is 38.7 Å². The average Bonchev–Trinajstić information content (AvgIpc) is 2.07. The molecule has 0 aliphatic rings. The van der Waals surface area contributed by atoms with Gasteiger partial charge in [-0.25, -0.2) is 5.90 Å². The first-order valence-electron chi connectivity index (χ1n) is 5.86. The van der Waals surface area contributed by atoms with Crippen LogP contribution in [-0.2, 0) is 14.1 Å². The molecule has 0 aromatic rings. The van der Waals surface area contributed by atoms with Crippen LogP contribution >= 0.6 is 0 Å². The molecule has 0 saturated heterocycles. The fourth-order valence-corrected chi connectivity index (χ4v) is 5.78. The minimum atomic E-state index is -1.91. The third-order valence-electron chi connectivity index (χ3n) is 2.23. The molecule has 0 aliphatic heterocycles. The van der Waals surface area contributed by atoms with Crippen molar-refractivity contribution in [3.05, 3.63) is 0 Å². The van der Waals surface area contributed by atoms with E-state index in [0.29, 0.717) is 6.42 Å². The van der Waals surface area contributed by atoms with Crippen molar-refractivity contribution >= 4 is 14.2 Å². The van der Waals surface area contributed by atoms with Gasteiger partial charge in [0, 0.05) is 6.42 Å². The van der Waals surface area contributed by atoms with Crippen LogP contribution in [0.1, 0.15) is 27.2 Å². The second kappa shape index (κ2) is 6.49. The summed E-state index contributed by atoms with van der Waals surface area (Å²) < 4.78 is 5.91. The van der Waals surface area contributed by atoms with Gasteiger partial charge in [-0.1, -0.05) is 20.8 Å². The Kier molecular flexibility index (Phi) is 6.32. The van der Waals surface area contributed by atoms with Crippen LogP contribution in [0, 0.1) is 5.41 Å². The lowest BCUT2D eigenvalue weighted by molar-refractivity contribution is -0.126. The molecule has 6 heteroatoms. The number of nitrogens with two attached hydrogens (primary N) is 2. The Morgan fingerprint density at radius 3 is 2.24 bits per heavy atom. The fraction of sp³-hybridized carbons (Fsp3) is 0.909. The van der Waals surface area contributed by atoms with E-state index in [-0.39, 0.29) is 12.0 Å². The molecule has 0 rings (SSSR count). The minimum Gasteiger partial charge on any atom is -0.405 e. The zero-order valence-electron chi connectivity index (χ0n) is 11.6.